The van der Waals surface area contributed by atoms with Crippen LogP contribution >= 0.6 is 11.6 Å². The Kier molecular flexibility index (Phi) is 3.30. The normalized spacial score (nSPS) is 10.3. The molecule has 4 nitrogen and oxygen atoms in total. The van der Waals surface area contributed by atoms with Crippen LogP contribution in [0.2, 0.25) is 5.15 Å². The van der Waals surface area contributed by atoms with Crippen molar-refractivity contribution < 1.29 is 4.79 Å². The number of hydrogen-bond acceptors (Lipinski definition) is 3. The van der Waals surface area contributed by atoms with Crippen molar-refractivity contribution in [3.8, 4) is 0 Å². The second kappa shape index (κ2) is 4.28. The molecule has 5 heteroatoms. The molecule has 1 aromatic heterocycles. The number of carbonyl (C=O) groups is 1. The minimum absolute atomic E-state index is 0.172. The van der Waals surface area contributed by atoms with Crippen molar-refractivity contribution >= 4 is 23.2 Å². The van der Waals surface area contributed by atoms with Gasteiger partial charge in [-0.25, -0.2) is 4.98 Å². The molecular formula is C9H12ClN3O. The van der Waals surface area contributed by atoms with Crippen molar-refractivity contribution in [2.45, 2.75) is 19.9 Å². The van der Waals surface area contributed by atoms with Crippen molar-refractivity contribution in [2.75, 3.05) is 5.32 Å². The van der Waals surface area contributed by atoms with Gasteiger partial charge in [-0.2, -0.15) is 0 Å². The quantitative estimate of drug-likeness (QED) is 0.751. The number of halogens is 1. The molecule has 14 heavy (non-hydrogen) atoms. The summed E-state index contributed by atoms with van der Waals surface area (Å²) in [6.07, 6.45) is 0. The largest absolute Gasteiger partial charge is 0.381 e. The number of hydrogen-bond donors (Lipinski definition) is 2. The maximum Gasteiger partial charge on any atom is 0.269 e. The van der Waals surface area contributed by atoms with E-state index in [1.807, 2.05) is 13.8 Å². The van der Waals surface area contributed by atoms with E-state index >= 15 is 0 Å². The van der Waals surface area contributed by atoms with Crippen molar-refractivity contribution in [3.05, 3.63) is 23.0 Å². The molecule has 0 atom stereocenters. The molecule has 0 radical (unpaired) electrons. The van der Waals surface area contributed by atoms with Gasteiger partial charge in [0, 0.05) is 6.04 Å². The van der Waals surface area contributed by atoms with E-state index < -0.39 is 5.91 Å². The molecule has 0 saturated carbocycles. The highest BCUT2D eigenvalue weighted by molar-refractivity contribution is 6.29. The van der Waals surface area contributed by atoms with Crippen LogP contribution in [-0.4, -0.2) is 16.9 Å². The monoisotopic (exact) mass is 213 g/mol. The standard InChI is InChI=1S/C9H12ClN3O/c1-5(2)12-6-3-4-7(10)13-8(6)9(11)14/h3-5,12H,1-2H3,(H2,11,14). The molecule has 76 valence electrons. The third-order valence-corrected chi connectivity index (χ3v) is 1.75. The Labute approximate surface area is 87.5 Å². The summed E-state index contributed by atoms with van der Waals surface area (Å²) in [4.78, 5) is 14.9. The SMILES string of the molecule is CC(C)Nc1ccc(Cl)nc1C(N)=O. The van der Waals surface area contributed by atoms with E-state index in [9.17, 15) is 4.79 Å². The number of primary amides is 1. The highest BCUT2D eigenvalue weighted by atomic mass is 35.5. The van der Waals surface area contributed by atoms with Crippen LogP contribution in [0.4, 0.5) is 5.69 Å². The zero-order valence-electron chi connectivity index (χ0n) is 8.04. The fourth-order valence-corrected chi connectivity index (χ4v) is 1.20. The fourth-order valence-electron chi connectivity index (χ4n) is 1.05. The second-order valence-electron chi connectivity index (χ2n) is 3.19. The first kappa shape index (κ1) is 10.8. The summed E-state index contributed by atoms with van der Waals surface area (Å²) in [5.74, 6) is -0.587. The molecule has 1 amide bonds. The zero-order chi connectivity index (χ0) is 10.7. The molecular weight excluding hydrogens is 202 g/mol. The molecule has 3 N–H and O–H groups in total. The average Bonchev–Trinajstić information content (AvgIpc) is 2.07. The molecule has 1 rings (SSSR count). The molecule has 0 spiro atoms. The topological polar surface area (TPSA) is 68.0 Å². The third kappa shape index (κ3) is 2.60. The van der Waals surface area contributed by atoms with E-state index in [-0.39, 0.29) is 16.9 Å². The number of anilines is 1. The molecule has 1 heterocycles. The van der Waals surface area contributed by atoms with Gasteiger partial charge in [0.25, 0.3) is 5.91 Å². The van der Waals surface area contributed by atoms with Crippen molar-refractivity contribution in [2.24, 2.45) is 5.73 Å². The maximum atomic E-state index is 11.0. The van der Waals surface area contributed by atoms with Gasteiger partial charge in [0.15, 0.2) is 5.69 Å². The van der Waals surface area contributed by atoms with Gasteiger partial charge in [0.05, 0.1) is 5.69 Å². The van der Waals surface area contributed by atoms with Gasteiger partial charge in [-0.1, -0.05) is 11.6 Å². The Balaban J connectivity index is 3.08. The summed E-state index contributed by atoms with van der Waals surface area (Å²) in [6, 6.07) is 3.50. The number of amides is 1. The minimum Gasteiger partial charge on any atom is -0.381 e. The Bertz CT molecular complexity index is 352. The highest BCUT2D eigenvalue weighted by Crippen LogP contribution is 2.16. The molecule has 0 unspecified atom stereocenters. The van der Waals surface area contributed by atoms with Crippen molar-refractivity contribution in [3.63, 3.8) is 0 Å². The van der Waals surface area contributed by atoms with Gasteiger partial charge < -0.3 is 11.1 Å². The molecule has 0 aliphatic carbocycles. The summed E-state index contributed by atoms with van der Waals surface area (Å²) >= 11 is 5.65. The van der Waals surface area contributed by atoms with E-state index in [0.717, 1.165) is 0 Å². The van der Waals surface area contributed by atoms with E-state index in [1.54, 1.807) is 12.1 Å². The van der Waals surface area contributed by atoms with Gasteiger partial charge in [0.1, 0.15) is 5.15 Å². The number of nitrogens with one attached hydrogen (secondary N) is 1. The predicted octanol–water partition coefficient (Wildman–Crippen LogP) is 1.65. The highest BCUT2D eigenvalue weighted by Gasteiger charge is 2.10. The van der Waals surface area contributed by atoms with Crippen LogP contribution < -0.4 is 11.1 Å². The van der Waals surface area contributed by atoms with Gasteiger partial charge in [0.2, 0.25) is 0 Å². The Hall–Kier alpha value is -1.29. The number of nitrogens with zero attached hydrogens (tertiary/aromatic N) is 1. The molecule has 0 fully saturated rings. The van der Waals surface area contributed by atoms with Crippen molar-refractivity contribution in [1.82, 2.24) is 4.98 Å². The number of rotatable bonds is 3. The molecule has 0 aliphatic heterocycles. The molecule has 0 saturated heterocycles. The lowest BCUT2D eigenvalue weighted by Gasteiger charge is -2.12. The first-order valence-electron chi connectivity index (χ1n) is 4.23. The summed E-state index contributed by atoms with van der Waals surface area (Å²) in [5, 5.41) is 3.32. The van der Waals surface area contributed by atoms with E-state index in [0.29, 0.717) is 5.69 Å². The smallest absolute Gasteiger partial charge is 0.269 e. The van der Waals surface area contributed by atoms with E-state index in [1.165, 1.54) is 0 Å². The molecule has 0 aromatic carbocycles. The number of pyridine rings is 1. The van der Waals surface area contributed by atoms with Crippen LogP contribution in [-0.2, 0) is 0 Å². The average molecular weight is 214 g/mol. The zero-order valence-corrected chi connectivity index (χ0v) is 8.80. The first-order valence-corrected chi connectivity index (χ1v) is 4.61. The fraction of sp³-hybridized carbons (Fsp3) is 0.333. The lowest BCUT2D eigenvalue weighted by atomic mass is 10.2. The summed E-state index contributed by atoms with van der Waals surface area (Å²) in [7, 11) is 0. The lowest BCUT2D eigenvalue weighted by Crippen LogP contribution is -2.19. The maximum absolute atomic E-state index is 11.0. The van der Waals surface area contributed by atoms with Crippen molar-refractivity contribution in [1.29, 1.82) is 0 Å². The van der Waals surface area contributed by atoms with E-state index in [2.05, 4.69) is 10.3 Å². The van der Waals surface area contributed by atoms with Crippen LogP contribution in [0.3, 0.4) is 0 Å². The number of nitrogens with two attached hydrogens (primary N) is 1. The predicted molar refractivity (Wildman–Crippen MR) is 56.5 cm³/mol. The molecule has 0 aliphatic rings. The van der Waals surface area contributed by atoms with Gasteiger partial charge in [-0.05, 0) is 26.0 Å². The Morgan fingerprint density at radius 1 is 1.57 bits per heavy atom. The number of carbonyl (C=O) groups excluding carboxylic acids is 1. The van der Waals surface area contributed by atoms with Crippen LogP contribution in [0.5, 0.6) is 0 Å². The second-order valence-corrected chi connectivity index (χ2v) is 3.58. The van der Waals surface area contributed by atoms with Gasteiger partial charge in [-0.15, -0.1) is 0 Å². The van der Waals surface area contributed by atoms with Crippen LogP contribution in [0.25, 0.3) is 0 Å². The lowest BCUT2D eigenvalue weighted by molar-refractivity contribution is 0.0996. The Morgan fingerprint density at radius 3 is 2.71 bits per heavy atom. The number of aromatic nitrogens is 1. The summed E-state index contributed by atoms with van der Waals surface area (Å²) in [6.45, 7) is 3.92. The van der Waals surface area contributed by atoms with Crippen LogP contribution in [0.1, 0.15) is 24.3 Å². The third-order valence-electron chi connectivity index (χ3n) is 1.54. The Morgan fingerprint density at radius 2 is 2.21 bits per heavy atom. The summed E-state index contributed by atoms with van der Waals surface area (Å²) in [5.41, 5.74) is 5.94. The van der Waals surface area contributed by atoms with E-state index in [4.69, 9.17) is 17.3 Å². The molecule has 1 aromatic rings. The van der Waals surface area contributed by atoms with Gasteiger partial charge in [-0.3, -0.25) is 4.79 Å². The minimum atomic E-state index is -0.587. The first-order chi connectivity index (χ1) is 6.50. The van der Waals surface area contributed by atoms with Gasteiger partial charge >= 0.3 is 0 Å². The van der Waals surface area contributed by atoms with Crippen LogP contribution in [0, 0.1) is 0 Å². The van der Waals surface area contributed by atoms with Crippen LogP contribution in [0.15, 0.2) is 12.1 Å². The molecule has 0 bridgehead atoms. The summed E-state index contributed by atoms with van der Waals surface area (Å²) < 4.78 is 0.